The number of thiophene rings is 1. The van der Waals surface area contributed by atoms with Gasteiger partial charge in [-0.25, -0.2) is 0 Å². The van der Waals surface area contributed by atoms with Crippen LogP contribution in [0.5, 0.6) is 0 Å². The molecule has 0 amide bonds. The van der Waals surface area contributed by atoms with E-state index in [4.69, 9.17) is 0 Å². The zero-order valence-electron chi connectivity index (χ0n) is 9.44. The number of hydrogen-bond donors (Lipinski definition) is 0. The Labute approximate surface area is 113 Å². The minimum Gasteiger partial charge on any atom is -0.293 e. The molecule has 0 aromatic carbocycles. The fourth-order valence-electron chi connectivity index (χ4n) is 1.54. The van der Waals surface area contributed by atoms with Gasteiger partial charge in [0.25, 0.3) is 0 Å². The monoisotopic (exact) mass is 309 g/mol. The number of Topliss-reactive ketones (excluding diaryl/α,β-unsaturated/α-hetero) is 1. The summed E-state index contributed by atoms with van der Waals surface area (Å²) in [6.45, 7) is 2.10. The molecule has 4 heteroatoms. The SMILES string of the molecule is CCc1ccc(C(=O)Cc2cncc(Br)c2)s1. The third-order valence-corrected chi connectivity index (χ3v) is 4.12. The number of carbonyl (C=O) groups excluding carboxylic acids is 1. The van der Waals surface area contributed by atoms with Gasteiger partial charge < -0.3 is 0 Å². The summed E-state index contributed by atoms with van der Waals surface area (Å²) < 4.78 is 0.906. The van der Waals surface area contributed by atoms with E-state index in [2.05, 4.69) is 27.8 Å². The number of hydrogen-bond acceptors (Lipinski definition) is 3. The van der Waals surface area contributed by atoms with Gasteiger partial charge in [0.05, 0.1) is 4.88 Å². The first-order valence-corrected chi connectivity index (χ1v) is 7.01. The standard InChI is InChI=1S/C13H12BrNOS/c1-2-11-3-4-13(17-11)12(16)6-9-5-10(14)8-15-7-9/h3-5,7-8H,2,6H2,1H3. The lowest BCUT2D eigenvalue weighted by atomic mass is 10.1. The third kappa shape index (κ3) is 3.23. The molecule has 88 valence electrons. The zero-order valence-corrected chi connectivity index (χ0v) is 11.8. The Morgan fingerprint density at radius 3 is 2.88 bits per heavy atom. The first kappa shape index (κ1) is 12.5. The molecule has 0 unspecified atom stereocenters. The Bertz CT molecular complexity index is 536. The summed E-state index contributed by atoms with van der Waals surface area (Å²) in [5.41, 5.74) is 0.941. The van der Waals surface area contributed by atoms with Gasteiger partial charge in [-0.1, -0.05) is 6.92 Å². The first-order valence-electron chi connectivity index (χ1n) is 5.40. The van der Waals surface area contributed by atoms with E-state index in [-0.39, 0.29) is 5.78 Å². The number of halogens is 1. The number of nitrogens with zero attached hydrogens (tertiary/aromatic N) is 1. The van der Waals surface area contributed by atoms with Crippen LogP contribution >= 0.6 is 27.3 Å². The lowest BCUT2D eigenvalue weighted by Crippen LogP contribution is -2.01. The molecule has 0 aliphatic rings. The van der Waals surface area contributed by atoms with Gasteiger partial charge >= 0.3 is 0 Å². The minimum absolute atomic E-state index is 0.162. The van der Waals surface area contributed by atoms with Crippen LogP contribution in [0.4, 0.5) is 0 Å². The van der Waals surface area contributed by atoms with Crippen LogP contribution in [0.2, 0.25) is 0 Å². The number of ketones is 1. The van der Waals surface area contributed by atoms with Crippen molar-refractivity contribution >= 4 is 33.0 Å². The maximum atomic E-state index is 12.0. The molecule has 0 radical (unpaired) electrons. The molecule has 2 aromatic rings. The van der Waals surface area contributed by atoms with Crippen molar-refractivity contribution in [2.75, 3.05) is 0 Å². The van der Waals surface area contributed by atoms with Crippen molar-refractivity contribution in [2.45, 2.75) is 19.8 Å². The van der Waals surface area contributed by atoms with Gasteiger partial charge in [0.2, 0.25) is 0 Å². The molecule has 0 saturated heterocycles. The van der Waals surface area contributed by atoms with Crippen molar-refractivity contribution in [2.24, 2.45) is 0 Å². The number of pyridine rings is 1. The third-order valence-electron chi connectivity index (χ3n) is 2.41. The van der Waals surface area contributed by atoms with Gasteiger partial charge in [-0.15, -0.1) is 11.3 Å². The predicted octanol–water partition coefficient (Wildman–Crippen LogP) is 3.89. The fourth-order valence-corrected chi connectivity index (χ4v) is 2.84. The minimum atomic E-state index is 0.162. The number of aromatic nitrogens is 1. The molecule has 0 saturated carbocycles. The molecule has 0 fully saturated rings. The highest BCUT2D eigenvalue weighted by Gasteiger charge is 2.10. The maximum absolute atomic E-state index is 12.0. The van der Waals surface area contributed by atoms with Crippen molar-refractivity contribution in [1.29, 1.82) is 0 Å². The Morgan fingerprint density at radius 1 is 1.41 bits per heavy atom. The first-order chi connectivity index (χ1) is 8.19. The van der Waals surface area contributed by atoms with E-state index in [1.165, 1.54) is 4.88 Å². The summed E-state index contributed by atoms with van der Waals surface area (Å²) in [5, 5.41) is 0. The van der Waals surface area contributed by atoms with Crippen LogP contribution in [0.15, 0.2) is 35.1 Å². The van der Waals surface area contributed by atoms with Crippen LogP contribution in [0.1, 0.15) is 27.0 Å². The summed E-state index contributed by atoms with van der Waals surface area (Å²) in [6.07, 6.45) is 4.85. The average molecular weight is 310 g/mol. The zero-order chi connectivity index (χ0) is 12.3. The summed E-state index contributed by atoms with van der Waals surface area (Å²) >= 11 is 4.94. The predicted molar refractivity (Wildman–Crippen MR) is 73.7 cm³/mol. The largest absolute Gasteiger partial charge is 0.293 e. The second-order valence-corrected chi connectivity index (χ2v) is 5.81. The van der Waals surface area contributed by atoms with E-state index in [1.54, 1.807) is 23.7 Å². The second kappa shape index (κ2) is 5.56. The average Bonchev–Trinajstić information content (AvgIpc) is 2.77. The van der Waals surface area contributed by atoms with Crippen molar-refractivity contribution in [3.8, 4) is 0 Å². The number of rotatable bonds is 4. The van der Waals surface area contributed by atoms with Crippen molar-refractivity contribution < 1.29 is 4.79 Å². The second-order valence-electron chi connectivity index (χ2n) is 3.73. The van der Waals surface area contributed by atoms with Gasteiger partial charge in [-0.05, 0) is 46.1 Å². The topological polar surface area (TPSA) is 30.0 Å². The van der Waals surface area contributed by atoms with E-state index >= 15 is 0 Å². The lowest BCUT2D eigenvalue weighted by molar-refractivity contribution is 0.0996. The smallest absolute Gasteiger partial charge is 0.177 e. The molecule has 0 bridgehead atoms. The van der Waals surface area contributed by atoms with Crippen LogP contribution in [-0.4, -0.2) is 10.8 Å². The van der Waals surface area contributed by atoms with Gasteiger partial charge in [0.1, 0.15) is 0 Å². The summed E-state index contributed by atoms with van der Waals surface area (Å²) in [4.78, 5) is 18.2. The van der Waals surface area contributed by atoms with Gasteiger partial charge in [-0.3, -0.25) is 9.78 Å². The molecule has 2 heterocycles. The van der Waals surface area contributed by atoms with Gasteiger partial charge in [-0.2, -0.15) is 0 Å². The van der Waals surface area contributed by atoms with E-state index in [9.17, 15) is 4.79 Å². The number of carbonyl (C=O) groups is 1. The van der Waals surface area contributed by atoms with Crippen molar-refractivity contribution in [1.82, 2.24) is 4.98 Å². The van der Waals surface area contributed by atoms with Crippen molar-refractivity contribution in [3.63, 3.8) is 0 Å². The van der Waals surface area contributed by atoms with E-state index in [0.29, 0.717) is 6.42 Å². The Hall–Kier alpha value is -1.000. The molecule has 0 spiro atoms. The lowest BCUT2D eigenvalue weighted by Gasteiger charge is -1.99. The van der Waals surface area contributed by atoms with Gasteiger partial charge in [0, 0.05) is 28.2 Å². The van der Waals surface area contributed by atoms with Crippen LogP contribution in [0, 0.1) is 0 Å². The van der Waals surface area contributed by atoms with Crippen LogP contribution in [0.25, 0.3) is 0 Å². The van der Waals surface area contributed by atoms with Gasteiger partial charge in [0.15, 0.2) is 5.78 Å². The highest BCUT2D eigenvalue weighted by atomic mass is 79.9. The maximum Gasteiger partial charge on any atom is 0.177 e. The molecule has 0 aliphatic carbocycles. The normalized spacial score (nSPS) is 10.5. The van der Waals surface area contributed by atoms with Crippen LogP contribution < -0.4 is 0 Å². The van der Waals surface area contributed by atoms with Crippen molar-refractivity contribution in [3.05, 3.63) is 50.4 Å². The highest BCUT2D eigenvalue weighted by Crippen LogP contribution is 2.19. The molecular weight excluding hydrogens is 298 g/mol. The van der Waals surface area contributed by atoms with E-state index < -0.39 is 0 Å². The summed E-state index contributed by atoms with van der Waals surface area (Å²) in [7, 11) is 0. The molecule has 0 N–H and O–H groups in total. The molecule has 0 atom stereocenters. The Kier molecular flexibility index (Phi) is 4.07. The summed E-state index contributed by atoms with van der Waals surface area (Å²) in [5.74, 6) is 0.162. The Balaban J connectivity index is 2.11. The Morgan fingerprint density at radius 2 is 2.24 bits per heavy atom. The highest BCUT2D eigenvalue weighted by molar-refractivity contribution is 9.10. The molecule has 2 rings (SSSR count). The molecule has 17 heavy (non-hydrogen) atoms. The molecular formula is C13H12BrNOS. The molecule has 2 aromatic heterocycles. The fraction of sp³-hybridized carbons (Fsp3) is 0.231. The summed E-state index contributed by atoms with van der Waals surface area (Å²) in [6, 6.07) is 5.87. The molecule has 0 aliphatic heterocycles. The number of aryl methyl sites for hydroxylation is 1. The van der Waals surface area contributed by atoms with Crippen LogP contribution in [0.3, 0.4) is 0 Å². The van der Waals surface area contributed by atoms with E-state index in [0.717, 1.165) is 21.3 Å². The van der Waals surface area contributed by atoms with E-state index in [1.807, 2.05) is 18.2 Å². The quantitative estimate of drug-likeness (QED) is 0.802. The van der Waals surface area contributed by atoms with Crippen LogP contribution in [-0.2, 0) is 12.8 Å². The molecule has 2 nitrogen and oxygen atoms in total.